The zero-order valence-electron chi connectivity index (χ0n) is 9.41. The van der Waals surface area contributed by atoms with E-state index in [0.29, 0.717) is 6.04 Å². The molecular formula is C12H20N2O. The van der Waals surface area contributed by atoms with Gasteiger partial charge < -0.3 is 14.6 Å². The van der Waals surface area contributed by atoms with Crippen molar-refractivity contribution < 1.29 is 4.42 Å². The summed E-state index contributed by atoms with van der Waals surface area (Å²) in [5, 5.41) is 3.59. The molecule has 0 aromatic carbocycles. The molecule has 0 amide bonds. The van der Waals surface area contributed by atoms with Crippen LogP contribution in [0.3, 0.4) is 0 Å². The van der Waals surface area contributed by atoms with Crippen molar-refractivity contribution in [3.8, 4) is 0 Å². The predicted molar refractivity (Wildman–Crippen MR) is 60.9 cm³/mol. The van der Waals surface area contributed by atoms with Gasteiger partial charge in [0.05, 0.1) is 6.26 Å². The van der Waals surface area contributed by atoms with Gasteiger partial charge in [-0.15, -0.1) is 0 Å². The Morgan fingerprint density at radius 3 is 3.27 bits per heavy atom. The molecule has 2 rings (SSSR count). The first-order chi connectivity index (χ1) is 7.34. The van der Waals surface area contributed by atoms with E-state index < -0.39 is 0 Å². The lowest BCUT2D eigenvalue weighted by atomic mass is 10.1. The van der Waals surface area contributed by atoms with Crippen molar-refractivity contribution >= 4 is 0 Å². The van der Waals surface area contributed by atoms with E-state index >= 15 is 0 Å². The van der Waals surface area contributed by atoms with Crippen LogP contribution in [0.5, 0.6) is 0 Å². The molecule has 0 bridgehead atoms. The molecule has 1 aromatic rings. The van der Waals surface area contributed by atoms with Gasteiger partial charge in [0.25, 0.3) is 0 Å². The van der Waals surface area contributed by atoms with E-state index in [4.69, 9.17) is 4.42 Å². The van der Waals surface area contributed by atoms with Crippen LogP contribution in [0.2, 0.25) is 0 Å². The number of piperidine rings is 1. The maximum Gasteiger partial charge on any atom is 0.105 e. The highest BCUT2D eigenvalue weighted by molar-refractivity contribution is 4.98. The van der Waals surface area contributed by atoms with Gasteiger partial charge in [0.15, 0.2) is 0 Å². The van der Waals surface area contributed by atoms with Crippen molar-refractivity contribution in [3.05, 3.63) is 24.2 Å². The zero-order chi connectivity index (χ0) is 10.5. The first-order valence-electron chi connectivity index (χ1n) is 5.79. The molecule has 0 saturated carbocycles. The number of nitrogens with zero attached hydrogens (tertiary/aromatic N) is 1. The highest BCUT2D eigenvalue weighted by Gasteiger charge is 2.15. The molecule has 15 heavy (non-hydrogen) atoms. The van der Waals surface area contributed by atoms with Crippen LogP contribution in [0, 0.1) is 0 Å². The van der Waals surface area contributed by atoms with Crippen molar-refractivity contribution in [2.75, 3.05) is 26.7 Å². The lowest BCUT2D eigenvalue weighted by Crippen LogP contribution is -2.44. The summed E-state index contributed by atoms with van der Waals surface area (Å²) >= 11 is 0. The summed E-state index contributed by atoms with van der Waals surface area (Å²) < 4.78 is 5.29. The Bertz CT molecular complexity index is 271. The summed E-state index contributed by atoms with van der Waals surface area (Å²) in [6, 6.07) is 4.65. The third-order valence-electron chi connectivity index (χ3n) is 3.01. The van der Waals surface area contributed by atoms with Crippen molar-refractivity contribution in [1.29, 1.82) is 0 Å². The molecular weight excluding hydrogens is 188 g/mol. The average Bonchev–Trinajstić information content (AvgIpc) is 2.71. The summed E-state index contributed by atoms with van der Waals surface area (Å²) in [5.41, 5.74) is 0. The van der Waals surface area contributed by atoms with Gasteiger partial charge in [-0.25, -0.2) is 0 Å². The highest BCUT2D eigenvalue weighted by atomic mass is 16.3. The number of rotatable bonds is 4. The van der Waals surface area contributed by atoms with E-state index in [-0.39, 0.29) is 0 Å². The van der Waals surface area contributed by atoms with Crippen LogP contribution in [0.1, 0.15) is 18.6 Å². The van der Waals surface area contributed by atoms with E-state index in [1.807, 2.05) is 12.1 Å². The molecule has 3 heteroatoms. The fourth-order valence-corrected chi connectivity index (χ4v) is 2.19. The first kappa shape index (κ1) is 10.7. The molecule has 0 spiro atoms. The lowest BCUT2D eigenvalue weighted by Gasteiger charge is -2.30. The second-order valence-electron chi connectivity index (χ2n) is 4.38. The average molecular weight is 208 g/mol. The molecule has 1 N–H and O–H groups in total. The van der Waals surface area contributed by atoms with Crippen LogP contribution in [0.15, 0.2) is 22.8 Å². The van der Waals surface area contributed by atoms with Gasteiger partial charge in [-0.2, -0.15) is 0 Å². The number of furan rings is 1. The Balaban J connectivity index is 1.65. The topological polar surface area (TPSA) is 28.4 Å². The summed E-state index contributed by atoms with van der Waals surface area (Å²) in [7, 11) is 2.19. The van der Waals surface area contributed by atoms with Gasteiger partial charge in [0.2, 0.25) is 0 Å². The molecule has 1 aromatic heterocycles. The van der Waals surface area contributed by atoms with Crippen molar-refractivity contribution in [2.45, 2.75) is 25.3 Å². The Morgan fingerprint density at radius 2 is 2.53 bits per heavy atom. The maximum atomic E-state index is 5.29. The smallest absolute Gasteiger partial charge is 0.105 e. The van der Waals surface area contributed by atoms with Crippen LogP contribution in [-0.4, -0.2) is 37.6 Å². The molecule has 1 aliphatic heterocycles. The van der Waals surface area contributed by atoms with Gasteiger partial charge in [-0.3, -0.25) is 0 Å². The Kier molecular flexibility index (Phi) is 3.80. The Morgan fingerprint density at radius 1 is 1.60 bits per heavy atom. The number of hydrogen-bond acceptors (Lipinski definition) is 3. The molecule has 3 nitrogen and oxygen atoms in total. The third-order valence-corrected chi connectivity index (χ3v) is 3.01. The molecule has 0 aliphatic carbocycles. The minimum Gasteiger partial charge on any atom is -0.469 e. The fraction of sp³-hybridized carbons (Fsp3) is 0.667. The number of nitrogens with one attached hydrogen (secondary N) is 1. The van der Waals surface area contributed by atoms with Gasteiger partial charge >= 0.3 is 0 Å². The summed E-state index contributed by atoms with van der Waals surface area (Å²) in [4.78, 5) is 2.40. The van der Waals surface area contributed by atoms with Crippen molar-refractivity contribution in [1.82, 2.24) is 10.2 Å². The summed E-state index contributed by atoms with van der Waals surface area (Å²) in [6.07, 6.45) is 5.36. The second kappa shape index (κ2) is 5.33. The normalized spacial score (nSPS) is 23.1. The predicted octanol–water partition coefficient (Wildman–Crippen LogP) is 1.51. The molecule has 1 aliphatic rings. The van der Waals surface area contributed by atoms with E-state index in [9.17, 15) is 0 Å². The van der Waals surface area contributed by atoms with E-state index in [2.05, 4.69) is 17.3 Å². The molecule has 1 fully saturated rings. The standard InChI is InChI=1S/C12H20N2O/c1-14-8-2-4-11(10-14)13-7-6-12-5-3-9-15-12/h3,5,9,11,13H,2,4,6-8,10H2,1H3. The van der Waals surface area contributed by atoms with Crippen LogP contribution in [-0.2, 0) is 6.42 Å². The van der Waals surface area contributed by atoms with Crippen LogP contribution in [0.25, 0.3) is 0 Å². The van der Waals surface area contributed by atoms with E-state index in [1.54, 1.807) is 6.26 Å². The maximum absolute atomic E-state index is 5.29. The summed E-state index contributed by atoms with van der Waals surface area (Å²) in [5.74, 6) is 1.08. The van der Waals surface area contributed by atoms with Gasteiger partial charge in [-0.05, 0) is 38.6 Å². The SMILES string of the molecule is CN1CCCC(NCCc2ccco2)C1. The second-order valence-corrected chi connectivity index (χ2v) is 4.38. The summed E-state index contributed by atoms with van der Waals surface area (Å²) in [6.45, 7) is 3.44. The van der Waals surface area contributed by atoms with Crippen LogP contribution in [0.4, 0.5) is 0 Å². The molecule has 1 atom stereocenters. The molecule has 84 valence electrons. The van der Waals surface area contributed by atoms with Crippen molar-refractivity contribution in [2.24, 2.45) is 0 Å². The highest BCUT2D eigenvalue weighted by Crippen LogP contribution is 2.08. The quantitative estimate of drug-likeness (QED) is 0.813. The monoisotopic (exact) mass is 208 g/mol. The Hall–Kier alpha value is -0.800. The van der Waals surface area contributed by atoms with Crippen LogP contribution < -0.4 is 5.32 Å². The largest absolute Gasteiger partial charge is 0.469 e. The molecule has 1 unspecified atom stereocenters. The number of likely N-dealkylation sites (N-methyl/N-ethyl adjacent to an activating group) is 1. The van der Waals surface area contributed by atoms with E-state index in [1.165, 1.54) is 25.9 Å². The van der Waals surface area contributed by atoms with Crippen LogP contribution >= 0.6 is 0 Å². The number of likely N-dealkylation sites (tertiary alicyclic amines) is 1. The lowest BCUT2D eigenvalue weighted by molar-refractivity contribution is 0.227. The van der Waals surface area contributed by atoms with Gasteiger partial charge in [0.1, 0.15) is 5.76 Å². The number of hydrogen-bond donors (Lipinski definition) is 1. The Labute approximate surface area is 91.4 Å². The fourth-order valence-electron chi connectivity index (χ4n) is 2.19. The zero-order valence-corrected chi connectivity index (χ0v) is 9.41. The third kappa shape index (κ3) is 3.36. The van der Waals surface area contributed by atoms with Gasteiger partial charge in [0, 0.05) is 25.6 Å². The van der Waals surface area contributed by atoms with E-state index in [0.717, 1.165) is 18.7 Å². The minimum absolute atomic E-state index is 0.665. The molecule has 2 heterocycles. The minimum atomic E-state index is 0.665. The molecule has 1 saturated heterocycles. The van der Waals surface area contributed by atoms with Crippen molar-refractivity contribution in [3.63, 3.8) is 0 Å². The molecule has 0 radical (unpaired) electrons. The van der Waals surface area contributed by atoms with Gasteiger partial charge in [-0.1, -0.05) is 0 Å². The first-order valence-corrected chi connectivity index (χ1v) is 5.79.